The van der Waals surface area contributed by atoms with E-state index in [1.165, 1.54) is 9.47 Å². The van der Waals surface area contributed by atoms with Crippen molar-refractivity contribution in [2.75, 3.05) is 4.90 Å². The molecule has 0 fully saturated rings. The molecule has 1 aliphatic rings. The number of fused-ring (bicyclic) bond motifs is 1. The Bertz CT molecular complexity index is 1520. The first-order chi connectivity index (χ1) is 15.7. The molecule has 1 unspecified atom stereocenters. The van der Waals surface area contributed by atoms with Gasteiger partial charge >= 0.3 is 5.69 Å². The molecule has 4 aromatic rings. The van der Waals surface area contributed by atoms with Crippen molar-refractivity contribution in [1.29, 1.82) is 0 Å². The summed E-state index contributed by atoms with van der Waals surface area (Å²) in [6, 6.07) is 12.8. The van der Waals surface area contributed by atoms with Crippen LogP contribution in [0.25, 0.3) is 21.8 Å². The van der Waals surface area contributed by atoms with Crippen molar-refractivity contribution < 1.29 is 14.7 Å². The van der Waals surface area contributed by atoms with E-state index in [4.69, 9.17) is 0 Å². The predicted molar refractivity (Wildman–Crippen MR) is 128 cm³/mol. The fourth-order valence-electron chi connectivity index (χ4n) is 4.84. The normalized spacial score (nSPS) is 14.5. The number of carbonyl (C=O) groups excluding carboxylic acids is 2. The number of carbonyl (C=O) groups is 2. The van der Waals surface area contributed by atoms with Crippen molar-refractivity contribution in [3.05, 3.63) is 75.2 Å². The highest BCUT2D eigenvalue weighted by Gasteiger charge is 2.35. The van der Waals surface area contributed by atoms with Crippen LogP contribution in [0.2, 0.25) is 0 Å². The number of aliphatic hydroxyl groups excluding tert-OH is 1. The molecule has 0 bridgehead atoms. The van der Waals surface area contributed by atoms with Gasteiger partial charge in [0.25, 0.3) is 11.8 Å². The Morgan fingerprint density at radius 1 is 0.909 bits per heavy atom. The second-order valence-corrected chi connectivity index (χ2v) is 8.86. The molecule has 0 spiro atoms. The minimum Gasteiger partial charge on any atom is -0.393 e. The summed E-state index contributed by atoms with van der Waals surface area (Å²) in [6.07, 6.45) is 0.824. The first-order valence-electron chi connectivity index (χ1n) is 11.0. The van der Waals surface area contributed by atoms with Crippen molar-refractivity contribution in [2.45, 2.75) is 32.8 Å². The van der Waals surface area contributed by atoms with Crippen molar-refractivity contribution in [1.82, 2.24) is 9.13 Å². The van der Waals surface area contributed by atoms with Crippen LogP contribution in [0.4, 0.5) is 5.69 Å². The number of hydrogen-bond donors (Lipinski definition) is 1. The van der Waals surface area contributed by atoms with E-state index in [1.807, 2.05) is 31.2 Å². The Balaban J connectivity index is 1.69. The van der Waals surface area contributed by atoms with E-state index in [9.17, 15) is 19.5 Å². The summed E-state index contributed by atoms with van der Waals surface area (Å²) in [6.45, 7) is 3.58. The highest BCUT2D eigenvalue weighted by Crippen LogP contribution is 2.36. The molecule has 0 saturated carbocycles. The van der Waals surface area contributed by atoms with Gasteiger partial charge in [-0.2, -0.15) is 0 Å². The van der Waals surface area contributed by atoms with E-state index in [0.717, 1.165) is 22.0 Å². The quantitative estimate of drug-likeness (QED) is 0.490. The molecule has 3 aromatic carbocycles. The number of anilines is 1. The number of nitrogens with zero attached hydrogens (tertiary/aromatic N) is 3. The van der Waals surface area contributed by atoms with Crippen molar-refractivity contribution >= 4 is 39.3 Å². The maximum absolute atomic E-state index is 13.6. The molecule has 168 valence electrons. The third kappa shape index (κ3) is 3.03. The Kier molecular flexibility index (Phi) is 4.76. The van der Waals surface area contributed by atoms with E-state index in [-0.39, 0.29) is 17.5 Å². The van der Waals surface area contributed by atoms with Gasteiger partial charge in [0.2, 0.25) is 0 Å². The smallest absolute Gasteiger partial charge is 0.328 e. The van der Waals surface area contributed by atoms with Crippen molar-refractivity contribution in [3.63, 3.8) is 0 Å². The monoisotopic (exact) mass is 443 g/mol. The Labute approximate surface area is 190 Å². The van der Waals surface area contributed by atoms with Gasteiger partial charge in [-0.1, -0.05) is 18.2 Å². The summed E-state index contributed by atoms with van der Waals surface area (Å²) < 4.78 is 3.07. The molecule has 0 radical (unpaired) electrons. The lowest BCUT2D eigenvalue weighted by molar-refractivity contribution is 0.0893. The van der Waals surface area contributed by atoms with Crippen LogP contribution in [-0.4, -0.2) is 32.2 Å². The first-order valence-corrected chi connectivity index (χ1v) is 11.0. The highest BCUT2D eigenvalue weighted by atomic mass is 16.3. The lowest BCUT2D eigenvalue weighted by Gasteiger charge is -2.29. The third-order valence-corrected chi connectivity index (χ3v) is 6.66. The average molecular weight is 444 g/mol. The second-order valence-electron chi connectivity index (χ2n) is 8.86. The highest BCUT2D eigenvalue weighted by molar-refractivity contribution is 6.36. The Morgan fingerprint density at radius 3 is 2.21 bits per heavy atom. The zero-order chi connectivity index (χ0) is 23.6. The summed E-state index contributed by atoms with van der Waals surface area (Å²) >= 11 is 0. The van der Waals surface area contributed by atoms with Crippen LogP contribution in [0.1, 0.15) is 45.2 Å². The Morgan fingerprint density at radius 2 is 1.55 bits per heavy atom. The second kappa shape index (κ2) is 7.42. The van der Waals surface area contributed by atoms with Gasteiger partial charge in [0, 0.05) is 30.6 Å². The fraction of sp³-hybridized carbons (Fsp3) is 0.269. The van der Waals surface area contributed by atoms with Gasteiger partial charge in [-0.05, 0) is 67.5 Å². The van der Waals surface area contributed by atoms with E-state index < -0.39 is 6.10 Å². The first kappa shape index (κ1) is 21.2. The SMILES string of the molecule is Cc1cc2c(cc1N1C(=O)c3cccc4c(CCC(C)O)ccc(c34)C1=O)n(C)c(=O)n2C. The number of aliphatic hydroxyl groups is 1. The maximum Gasteiger partial charge on any atom is 0.328 e. The lowest BCUT2D eigenvalue weighted by atomic mass is 9.89. The summed E-state index contributed by atoms with van der Waals surface area (Å²) in [4.78, 5) is 40.9. The maximum atomic E-state index is 13.6. The molecule has 1 aliphatic heterocycles. The lowest BCUT2D eigenvalue weighted by Crippen LogP contribution is -2.41. The molecular weight excluding hydrogens is 418 g/mol. The Hall–Kier alpha value is -3.71. The minimum atomic E-state index is -0.429. The largest absolute Gasteiger partial charge is 0.393 e. The van der Waals surface area contributed by atoms with Gasteiger partial charge in [0.15, 0.2) is 0 Å². The minimum absolute atomic E-state index is 0.169. The van der Waals surface area contributed by atoms with Gasteiger partial charge in [0.05, 0.1) is 22.8 Å². The average Bonchev–Trinajstić information content (AvgIpc) is 2.99. The standard InChI is InChI=1S/C26H25N3O4/c1-14-12-21-22(28(4)26(33)27(21)3)13-20(14)29-24(31)18-7-5-6-17-16(9-8-15(2)30)10-11-19(23(17)18)25(29)32/h5-7,10-13,15,30H,8-9H2,1-4H3. The molecule has 7 heteroatoms. The van der Waals surface area contributed by atoms with Crippen LogP contribution in [0.3, 0.4) is 0 Å². The number of rotatable bonds is 4. The molecule has 33 heavy (non-hydrogen) atoms. The summed E-state index contributed by atoms with van der Waals surface area (Å²) in [7, 11) is 3.38. The molecule has 2 heterocycles. The van der Waals surface area contributed by atoms with Crippen LogP contribution in [-0.2, 0) is 20.5 Å². The zero-order valence-electron chi connectivity index (χ0n) is 19.0. The number of benzene rings is 3. The number of aryl methyl sites for hydroxylation is 4. The van der Waals surface area contributed by atoms with Crippen LogP contribution in [0.15, 0.2) is 47.3 Å². The molecule has 0 aliphatic carbocycles. The fourth-order valence-corrected chi connectivity index (χ4v) is 4.84. The summed E-state index contributed by atoms with van der Waals surface area (Å²) in [5.41, 5.74) is 4.38. The van der Waals surface area contributed by atoms with Crippen LogP contribution < -0.4 is 10.6 Å². The number of imidazole rings is 1. The zero-order valence-corrected chi connectivity index (χ0v) is 19.0. The summed E-state index contributed by atoms with van der Waals surface area (Å²) in [5.74, 6) is -0.761. The van der Waals surface area contributed by atoms with E-state index >= 15 is 0 Å². The number of aromatic nitrogens is 2. The molecule has 7 nitrogen and oxygen atoms in total. The third-order valence-electron chi connectivity index (χ3n) is 6.66. The van der Waals surface area contributed by atoms with E-state index in [2.05, 4.69) is 0 Å². The van der Waals surface area contributed by atoms with Crippen LogP contribution >= 0.6 is 0 Å². The molecule has 1 aromatic heterocycles. The van der Waals surface area contributed by atoms with Crippen molar-refractivity contribution in [2.24, 2.45) is 14.1 Å². The molecule has 1 atom stereocenters. The van der Waals surface area contributed by atoms with Crippen molar-refractivity contribution in [3.8, 4) is 0 Å². The summed E-state index contributed by atoms with van der Waals surface area (Å²) in [5, 5.41) is 11.2. The molecule has 1 N–H and O–H groups in total. The van der Waals surface area contributed by atoms with E-state index in [0.29, 0.717) is 40.6 Å². The molecule has 5 rings (SSSR count). The molecule has 0 saturated heterocycles. The van der Waals surface area contributed by atoms with Gasteiger partial charge in [0.1, 0.15) is 0 Å². The van der Waals surface area contributed by atoms with Crippen LogP contribution in [0.5, 0.6) is 0 Å². The molecular formula is C26H25N3O4. The topological polar surface area (TPSA) is 84.5 Å². The van der Waals surface area contributed by atoms with Gasteiger partial charge in [-0.3, -0.25) is 18.7 Å². The van der Waals surface area contributed by atoms with Crippen LogP contribution in [0, 0.1) is 6.92 Å². The van der Waals surface area contributed by atoms with Gasteiger partial charge < -0.3 is 5.11 Å². The van der Waals surface area contributed by atoms with Gasteiger partial charge in [-0.15, -0.1) is 0 Å². The number of imide groups is 1. The van der Waals surface area contributed by atoms with Gasteiger partial charge in [-0.25, -0.2) is 9.69 Å². The van der Waals surface area contributed by atoms with E-state index in [1.54, 1.807) is 43.8 Å². The predicted octanol–water partition coefficient (Wildman–Crippen LogP) is 3.45. The number of hydrogen-bond acceptors (Lipinski definition) is 4. The number of amides is 2. The molecule has 2 amide bonds.